The molecule has 0 unspecified atom stereocenters. The molecule has 3 rings (SSSR count). The molecule has 0 aliphatic carbocycles. The molecule has 1 amide bonds. The highest BCUT2D eigenvalue weighted by atomic mass is 32.2. The molecule has 3 aromatic carbocycles. The number of carbonyl (C=O) groups excluding carboxylic acids is 1. The molecular formula is C20H19NOS. The van der Waals surface area contributed by atoms with Gasteiger partial charge in [-0.1, -0.05) is 61.5 Å². The van der Waals surface area contributed by atoms with Crippen LogP contribution in [0.4, 0.5) is 0 Å². The van der Waals surface area contributed by atoms with E-state index in [1.54, 1.807) is 11.8 Å². The molecule has 0 aliphatic heterocycles. The molecule has 2 nitrogen and oxygen atoms in total. The molecule has 116 valence electrons. The summed E-state index contributed by atoms with van der Waals surface area (Å²) in [6, 6.07) is 22.2. The molecule has 0 saturated heterocycles. The van der Waals surface area contributed by atoms with Crippen molar-refractivity contribution in [2.45, 2.75) is 18.4 Å². The Morgan fingerprint density at radius 1 is 0.957 bits per heavy atom. The number of thioether (sulfide) groups is 1. The second-order valence-electron chi connectivity index (χ2n) is 5.25. The van der Waals surface area contributed by atoms with E-state index in [1.807, 2.05) is 42.5 Å². The van der Waals surface area contributed by atoms with Crippen LogP contribution in [-0.2, 0) is 6.54 Å². The van der Waals surface area contributed by atoms with Crippen molar-refractivity contribution in [3.8, 4) is 0 Å². The van der Waals surface area contributed by atoms with Crippen LogP contribution in [0.1, 0.15) is 22.8 Å². The van der Waals surface area contributed by atoms with Crippen molar-refractivity contribution in [2.24, 2.45) is 0 Å². The summed E-state index contributed by atoms with van der Waals surface area (Å²) in [5.41, 5.74) is 1.89. The summed E-state index contributed by atoms with van der Waals surface area (Å²) >= 11 is 1.69. The van der Waals surface area contributed by atoms with Crippen LogP contribution in [0, 0.1) is 0 Å². The van der Waals surface area contributed by atoms with E-state index >= 15 is 0 Å². The minimum atomic E-state index is -0.0190. The van der Waals surface area contributed by atoms with Crippen molar-refractivity contribution in [1.29, 1.82) is 0 Å². The van der Waals surface area contributed by atoms with Crippen LogP contribution in [0.2, 0.25) is 0 Å². The third-order valence-electron chi connectivity index (χ3n) is 3.75. The highest BCUT2D eigenvalue weighted by Crippen LogP contribution is 2.23. The highest BCUT2D eigenvalue weighted by Gasteiger charge is 2.11. The zero-order valence-corrected chi connectivity index (χ0v) is 13.9. The molecule has 0 spiro atoms. The maximum absolute atomic E-state index is 12.5. The van der Waals surface area contributed by atoms with Crippen molar-refractivity contribution in [3.63, 3.8) is 0 Å². The van der Waals surface area contributed by atoms with Gasteiger partial charge in [-0.25, -0.2) is 0 Å². The van der Waals surface area contributed by atoms with Crippen LogP contribution in [-0.4, -0.2) is 11.7 Å². The molecule has 0 saturated carbocycles. The predicted octanol–water partition coefficient (Wildman–Crippen LogP) is 4.88. The first kappa shape index (κ1) is 15.6. The third-order valence-corrected chi connectivity index (χ3v) is 4.71. The Hall–Kier alpha value is -2.26. The van der Waals surface area contributed by atoms with Crippen molar-refractivity contribution in [3.05, 3.63) is 77.9 Å². The SMILES string of the molecule is CCSc1ccccc1C(=O)NCc1cccc2ccccc12. The number of carbonyl (C=O) groups is 1. The van der Waals surface area contributed by atoms with Gasteiger partial charge in [0.1, 0.15) is 0 Å². The zero-order chi connectivity index (χ0) is 16.1. The number of fused-ring (bicyclic) bond motifs is 1. The van der Waals surface area contributed by atoms with Crippen LogP contribution >= 0.6 is 11.8 Å². The van der Waals surface area contributed by atoms with Crippen LogP contribution in [0.3, 0.4) is 0 Å². The standard InChI is InChI=1S/C20H19NOS/c1-2-23-19-13-6-5-12-18(19)20(22)21-14-16-10-7-9-15-8-3-4-11-17(15)16/h3-13H,2,14H2,1H3,(H,21,22). The van der Waals surface area contributed by atoms with E-state index in [0.717, 1.165) is 21.8 Å². The first-order chi connectivity index (χ1) is 11.3. The topological polar surface area (TPSA) is 29.1 Å². The minimum absolute atomic E-state index is 0.0190. The number of amides is 1. The third kappa shape index (κ3) is 3.57. The maximum Gasteiger partial charge on any atom is 0.252 e. The Morgan fingerprint density at radius 3 is 2.57 bits per heavy atom. The van der Waals surface area contributed by atoms with Crippen molar-refractivity contribution >= 4 is 28.4 Å². The second kappa shape index (κ2) is 7.34. The molecule has 0 radical (unpaired) electrons. The van der Waals surface area contributed by atoms with E-state index < -0.39 is 0 Å². The Kier molecular flexibility index (Phi) is 4.99. The largest absolute Gasteiger partial charge is 0.348 e. The van der Waals surface area contributed by atoms with Crippen molar-refractivity contribution in [2.75, 3.05) is 5.75 Å². The number of hydrogen-bond acceptors (Lipinski definition) is 2. The lowest BCUT2D eigenvalue weighted by atomic mass is 10.0. The lowest BCUT2D eigenvalue weighted by Crippen LogP contribution is -2.23. The summed E-state index contributed by atoms with van der Waals surface area (Å²) in [5.74, 6) is 0.933. The normalized spacial score (nSPS) is 10.7. The monoisotopic (exact) mass is 321 g/mol. The smallest absolute Gasteiger partial charge is 0.252 e. The Bertz CT molecular complexity index is 823. The average Bonchev–Trinajstić information content (AvgIpc) is 2.60. The molecule has 0 atom stereocenters. The van der Waals surface area contributed by atoms with Gasteiger partial charge in [-0.2, -0.15) is 0 Å². The summed E-state index contributed by atoms with van der Waals surface area (Å²) in [7, 11) is 0. The Balaban J connectivity index is 1.79. The molecule has 1 N–H and O–H groups in total. The summed E-state index contributed by atoms with van der Waals surface area (Å²) in [6.45, 7) is 2.63. The summed E-state index contributed by atoms with van der Waals surface area (Å²) < 4.78 is 0. The van der Waals surface area contributed by atoms with Crippen LogP contribution in [0.25, 0.3) is 10.8 Å². The van der Waals surface area contributed by atoms with Gasteiger partial charge in [0.2, 0.25) is 0 Å². The average molecular weight is 321 g/mol. The number of benzene rings is 3. The first-order valence-electron chi connectivity index (χ1n) is 7.76. The number of nitrogens with one attached hydrogen (secondary N) is 1. The van der Waals surface area contributed by atoms with Crippen molar-refractivity contribution < 1.29 is 4.79 Å². The fourth-order valence-corrected chi connectivity index (χ4v) is 3.46. The van der Waals surface area contributed by atoms with Gasteiger partial charge in [0.25, 0.3) is 5.91 Å². The Labute approximate surface area is 140 Å². The van der Waals surface area contributed by atoms with Crippen LogP contribution in [0.15, 0.2) is 71.6 Å². The molecule has 23 heavy (non-hydrogen) atoms. The fourth-order valence-electron chi connectivity index (χ4n) is 2.65. The van der Waals surface area contributed by atoms with Gasteiger partial charge in [-0.3, -0.25) is 4.79 Å². The van der Waals surface area contributed by atoms with Crippen LogP contribution < -0.4 is 5.32 Å². The molecule has 3 heteroatoms. The van der Waals surface area contributed by atoms with E-state index in [4.69, 9.17) is 0 Å². The van der Waals surface area contributed by atoms with Crippen LogP contribution in [0.5, 0.6) is 0 Å². The summed E-state index contributed by atoms with van der Waals surface area (Å²) in [6.07, 6.45) is 0. The van der Waals surface area contributed by atoms with Gasteiger partial charge in [0, 0.05) is 11.4 Å². The molecule has 3 aromatic rings. The molecular weight excluding hydrogens is 302 g/mol. The van der Waals surface area contributed by atoms with Gasteiger partial charge >= 0.3 is 0 Å². The maximum atomic E-state index is 12.5. The van der Waals surface area contributed by atoms with Gasteiger partial charge < -0.3 is 5.32 Å². The predicted molar refractivity (Wildman–Crippen MR) is 98.0 cm³/mol. The Morgan fingerprint density at radius 2 is 1.70 bits per heavy atom. The summed E-state index contributed by atoms with van der Waals surface area (Å²) in [4.78, 5) is 13.6. The molecule has 0 fully saturated rings. The lowest BCUT2D eigenvalue weighted by Gasteiger charge is -2.11. The summed E-state index contributed by atoms with van der Waals surface area (Å²) in [5, 5.41) is 5.44. The quantitative estimate of drug-likeness (QED) is 0.678. The van der Waals surface area contributed by atoms with E-state index in [1.165, 1.54) is 10.8 Å². The molecule has 0 bridgehead atoms. The van der Waals surface area contributed by atoms with Gasteiger partial charge in [0.05, 0.1) is 5.56 Å². The minimum Gasteiger partial charge on any atom is -0.348 e. The van der Waals surface area contributed by atoms with Gasteiger partial charge in [0.15, 0.2) is 0 Å². The fraction of sp³-hybridized carbons (Fsp3) is 0.150. The van der Waals surface area contributed by atoms with Gasteiger partial charge in [-0.05, 0) is 34.2 Å². The van der Waals surface area contributed by atoms with E-state index in [-0.39, 0.29) is 5.91 Å². The second-order valence-corrected chi connectivity index (χ2v) is 6.56. The molecule has 0 aromatic heterocycles. The number of rotatable bonds is 5. The first-order valence-corrected chi connectivity index (χ1v) is 8.75. The van der Waals surface area contributed by atoms with Gasteiger partial charge in [-0.15, -0.1) is 11.8 Å². The lowest BCUT2D eigenvalue weighted by molar-refractivity contribution is 0.0948. The van der Waals surface area contributed by atoms with E-state index in [9.17, 15) is 4.79 Å². The molecule has 0 aliphatic rings. The van der Waals surface area contributed by atoms with E-state index in [0.29, 0.717) is 6.54 Å². The van der Waals surface area contributed by atoms with E-state index in [2.05, 4.69) is 36.5 Å². The highest BCUT2D eigenvalue weighted by molar-refractivity contribution is 7.99. The number of hydrogen-bond donors (Lipinski definition) is 1. The van der Waals surface area contributed by atoms with Crippen molar-refractivity contribution in [1.82, 2.24) is 5.32 Å². The molecule has 0 heterocycles. The zero-order valence-electron chi connectivity index (χ0n) is 13.1.